The van der Waals surface area contributed by atoms with Crippen LogP contribution in [0.4, 0.5) is 0 Å². The summed E-state index contributed by atoms with van der Waals surface area (Å²) in [5.41, 5.74) is -1.25. The summed E-state index contributed by atoms with van der Waals surface area (Å²) >= 11 is 3.72. The molecule has 3 saturated heterocycles. The van der Waals surface area contributed by atoms with Gasteiger partial charge in [-0.3, -0.25) is 19.2 Å². The van der Waals surface area contributed by atoms with Crippen LogP contribution in [0.1, 0.15) is 72.5 Å². The molecule has 2 N–H and O–H groups in total. The third-order valence-corrected chi connectivity index (χ3v) is 10.6. The molecule has 10 nitrogen and oxygen atoms in total. The van der Waals surface area contributed by atoms with Crippen molar-refractivity contribution in [2.24, 2.45) is 17.8 Å². The number of carbonyl (C=O) groups excluding carboxylic acids is 4. The number of hydrogen-bond acceptors (Lipinski definition) is 7. The molecule has 258 valence electrons. The van der Waals surface area contributed by atoms with Crippen molar-refractivity contribution in [3.05, 3.63) is 61.2 Å². The highest BCUT2D eigenvalue weighted by Crippen LogP contribution is 2.61. The summed E-state index contributed by atoms with van der Waals surface area (Å²) in [5.74, 6) is -3.79. The minimum absolute atomic E-state index is 0.188. The lowest BCUT2D eigenvalue weighted by atomic mass is 9.70. The van der Waals surface area contributed by atoms with Crippen molar-refractivity contribution in [1.29, 1.82) is 0 Å². The molecule has 0 aromatic heterocycles. The lowest BCUT2D eigenvalue weighted by Crippen LogP contribution is -2.62. The van der Waals surface area contributed by atoms with Gasteiger partial charge in [-0.05, 0) is 52.0 Å². The van der Waals surface area contributed by atoms with Crippen molar-refractivity contribution >= 4 is 39.6 Å². The van der Waals surface area contributed by atoms with E-state index in [4.69, 9.17) is 9.47 Å². The van der Waals surface area contributed by atoms with Crippen LogP contribution in [0.3, 0.4) is 0 Å². The SMILES string of the molecule is C=CCCC(=O)N[C@@H](C)[C@H](OC(=O)[C@H]1[C@@H]2O[C@@]3(CC2Br)[C@@H]1C(=O)N([C@@H](CO)C(C)C)[C@@H]3C(=O)N(CC=C)C(C)(C)C)c1ccccc1. The minimum atomic E-state index is -1.32. The van der Waals surface area contributed by atoms with E-state index in [1.54, 1.807) is 24.0 Å². The van der Waals surface area contributed by atoms with E-state index in [1.807, 2.05) is 65.0 Å². The molecule has 0 aliphatic carbocycles. The standard InChI is InChI=1S/C36H50BrN3O7/c1-9-11-17-26(42)38-22(5)29(23-15-13-12-14-16-23)46-34(45)27-28-32(43)40(25(20-41)21(3)4)31(36(28)19-24(37)30(27)47-36)33(44)39(18-10-2)35(6,7)8/h9-10,12-16,21-22,24-25,27-31,41H,1-2,11,17-20H2,3-8H3,(H,38,42)/t22-,24?,25-,27+,28-,29-,30+,31+,36-/m0/s1. The number of nitrogens with zero attached hydrogens (tertiary/aromatic N) is 2. The van der Waals surface area contributed by atoms with E-state index in [0.29, 0.717) is 18.4 Å². The van der Waals surface area contributed by atoms with Gasteiger partial charge in [0.05, 0.1) is 36.6 Å². The lowest BCUT2D eigenvalue weighted by Gasteiger charge is -2.44. The quantitative estimate of drug-likeness (QED) is 0.167. The number of allylic oxidation sites excluding steroid dienone is 1. The number of likely N-dealkylation sites (tertiary alicyclic amines) is 1. The van der Waals surface area contributed by atoms with Crippen molar-refractivity contribution < 1.29 is 33.8 Å². The molecule has 11 heteroatoms. The van der Waals surface area contributed by atoms with E-state index in [2.05, 4.69) is 34.4 Å². The van der Waals surface area contributed by atoms with E-state index in [-0.39, 0.29) is 42.1 Å². The predicted octanol–water partition coefficient (Wildman–Crippen LogP) is 4.32. The van der Waals surface area contributed by atoms with Gasteiger partial charge in [-0.2, -0.15) is 0 Å². The van der Waals surface area contributed by atoms with E-state index in [9.17, 15) is 24.3 Å². The average molecular weight is 717 g/mol. The van der Waals surface area contributed by atoms with Crippen molar-refractivity contribution in [1.82, 2.24) is 15.1 Å². The van der Waals surface area contributed by atoms with Gasteiger partial charge >= 0.3 is 5.97 Å². The maximum Gasteiger partial charge on any atom is 0.313 e. The molecule has 2 bridgehead atoms. The van der Waals surface area contributed by atoms with Crippen LogP contribution in [0.5, 0.6) is 0 Å². The molecule has 0 saturated carbocycles. The van der Waals surface area contributed by atoms with Crippen LogP contribution in [0, 0.1) is 17.8 Å². The predicted molar refractivity (Wildman–Crippen MR) is 182 cm³/mol. The number of halogens is 1. The van der Waals surface area contributed by atoms with Crippen molar-refractivity contribution in [3.8, 4) is 0 Å². The van der Waals surface area contributed by atoms with Gasteiger partial charge in [0.2, 0.25) is 17.7 Å². The van der Waals surface area contributed by atoms with Crippen LogP contribution < -0.4 is 5.32 Å². The van der Waals surface area contributed by atoms with Gasteiger partial charge in [-0.25, -0.2) is 0 Å². The van der Waals surface area contributed by atoms with Crippen molar-refractivity contribution in [3.63, 3.8) is 0 Å². The molecule has 3 heterocycles. The number of ether oxygens (including phenoxy) is 2. The highest BCUT2D eigenvalue weighted by molar-refractivity contribution is 9.09. The number of benzene rings is 1. The highest BCUT2D eigenvalue weighted by Gasteiger charge is 2.78. The summed E-state index contributed by atoms with van der Waals surface area (Å²) in [7, 11) is 0. The molecule has 0 radical (unpaired) electrons. The van der Waals surface area contributed by atoms with Gasteiger partial charge in [0.1, 0.15) is 17.7 Å². The average Bonchev–Trinajstić information content (AvgIpc) is 3.60. The topological polar surface area (TPSA) is 125 Å². The number of fused-ring (bicyclic) bond motifs is 1. The number of aliphatic hydroxyl groups is 1. The molecule has 3 fully saturated rings. The van der Waals surface area contributed by atoms with Crippen molar-refractivity contribution in [2.45, 2.75) is 107 Å². The first-order valence-corrected chi connectivity index (χ1v) is 17.4. The zero-order chi connectivity index (χ0) is 34.8. The molecule has 4 rings (SSSR count). The first-order valence-electron chi connectivity index (χ1n) is 16.5. The summed E-state index contributed by atoms with van der Waals surface area (Å²) in [6.07, 6.45) is 2.81. The zero-order valence-corrected chi connectivity index (χ0v) is 29.9. The second kappa shape index (κ2) is 14.6. The Morgan fingerprint density at radius 3 is 2.40 bits per heavy atom. The maximum absolute atomic E-state index is 14.7. The Morgan fingerprint density at radius 1 is 1.19 bits per heavy atom. The van der Waals surface area contributed by atoms with Crippen LogP contribution in [-0.4, -0.2) is 91.9 Å². The van der Waals surface area contributed by atoms with Gasteiger partial charge < -0.3 is 29.7 Å². The number of esters is 1. The fraction of sp³-hybridized carbons (Fsp3) is 0.611. The first-order chi connectivity index (χ1) is 22.1. The summed E-state index contributed by atoms with van der Waals surface area (Å²) in [6, 6.07) is 6.80. The first kappa shape index (κ1) is 36.8. The number of alkyl halides is 1. The van der Waals surface area contributed by atoms with Crippen LogP contribution in [-0.2, 0) is 28.7 Å². The Bertz CT molecular complexity index is 1350. The molecule has 3 aliphatic heterocycles. The van der Waals surface area contributed by atoms with Gasteiger partial charge in [-0.15, -0.1) is 13.2 Å². The monoisotopic (exact) mass is 715 g/mol. The largest absolute Gasteiger partial charge is 0.455 e. The number of carbonyl (C=O) groups is 4. The number of aliphatic hydroxyl groups excluding tert-OH is 1. The Morgan fingerprint density at radius 2 is 1.85 bits per heavy atom. The normalized spacial score (nSPS) is 28.4. The maximum atomic E-state index is 14.7. The van der Waals surface area contributed by atoms with E-state index >= 15 is 0 Å². The summed E-state index contributed by atoms with van der Waals surface area (Å²) < 4.78 is 12.9. The molecule has 1 unspecified atom stereocenters. The van der Waals surface area contributed by atoms with Gasteiger partial charge in [0.15, 0.2) is 0 Å². The Kier molecular flexibility index (Phi) is 11.4. The fourth-order valence-corrected chi connectivity index (χ4v) is 8.45. The molecule has 9 atom stereocenters. The summed E-state index contributed by atoms with van der Waals surface area (Å²) in [5, 5.41) is 13.5. The van der Waals surface area contributed by atoms with E-state index in [0.717, 1.165) is 0 Å². The summed E-state index contributed by atoms with van der Waals surface area (Å²) in [6.45, 7) is 18.7. The second-order valence-electron chi connectivity index (χ2n) is 14.3. The molecule has 47 heavy (non-hydrogen) atoms. The highest BCUT2D eigenvalue weighted by atomic mass is 79.9. The van der Waals surface area contributed by atoms with Crippen LogP contribution in [0.25, 0.3) is 0 Å². The van der Waals surface area contributed by atoms with Crippen LogP contribution in [0.2, 0.25) is 0 Å². The minimum Gasteiger partial charge on any atom is -0.455 e. The fourth-order valence-electron chi connectivity index (χ4n) is 7.50. The van der Waals surface area contributed by atoms with Gasteiger partial charge in [0.25, 0.3) is 0 Å². The third-order valence-electron chi connectivity index (χ3n) is 9.72. The molecule has 1 spiro atoms. The smallest absolute Gasteiger partial charge is 0.313 e. The number of hydrogen-bond donors (Lipinski definition) is 2. The Hall–Kier alpha value is -3.02. The van der Waals surface area contributed by atoms with E-state index in [1.165, 1.54) is 4.90 Å². The van der Waals surface area contributed by atoms with E-state index < -0.39 is 65.2 Å². The second-order valence-corrected chi connectivity index (χ2v) is 15.4. The molecule has 3 amide bonds. The third kappa shape index (κ3) is 6.94. The molecular weight excluding hydrogens is 666 g/mol. The van der Waals surface area contributed by atoms with Gasteiger partial charge in [0, 0.05) is 23.3 Å². The Labute approximate surface area is 287 Å². The summed E-state index contributed by atoms with van der Waals surface area (Å²) in [4.78, 5) is 59.2. The molecule has 1 aromatic carbocycles. The van der Waals surface area contributed by atoms with Crippen LogP contribution >= 0.6 is 15.9 Å². The lowest BCUT2D eigenvalue weighted by molar-refractivity contribution is -0.163. The molecular formula is C36H50BrN3O7. The number of amides is 3. The van der Waals surface area contributed by atoms with Crippen molar-refractivity contribution in [2.75, 3.05) is 13.2 Å². The number of rotatable bonds is 14. The Balaban J connectivity index is 1.76. The zero-order valence-electron chi connectivity index (χ0n) is 28.4. The number of nitrogens with one attached hydrogen (secondary N) is 1. The van der Waals surface area contributed by atoms with Gasteiger partial charge in [-0.1, -0.05) is 72.3 Å². The molecule has 3 aliphatic rings. The molecule has 1 aromatic rings. The van der Waals surface area contributed by atoms with Crippen LogP contribution in [0.15, 0.2) is 55.6 Å².